The van der Waals surface area contributed by atoms with E-state index in [4.69, 9.17) is 26.1 Å². The fourth-order valence-electron chi connectivity index (χ4n) is 6.51. The number of ether oxygens (including phenoxy) is 1. The minimum Gasteiger partial charge on any atom is -0.506 e. The zero-order valence-corrected chi connectivity index (χ0v) is 16.9. The number of rotatable bonds is 4. The van der Waals surface area contributed by atoms with Crippen LogP contribution in [0.2, 0.25) is 5.02 Å². The number of phenols is 1. The smallest absolute Gasteiger partial charge is 0.262 e. The van der Waals surface area contributed by atoms with Crippen LogP contribution in [0.4, 0.5) is 0 Å². The Labute approximate surface area is 169 Å². The molecule has 5 nitrogen and oxygen atoms in total. The minimum atomic E-state index is -1.12. The quantitative estimate of drug-likeness (QED) is 0.586. The van der Waals surface area contributed by atoms with Crippen LogP contribution in [-0.2, 0) is 25.1 Å². The number of aromatic hydroxyl groups is 1. The lowest BCUT2D eigenvalue weighted by atomic mass is 9.47. The molecule has 150 valence electrons. The molecule has 0 radical (unpaired) electrons. The van der Waals surface area contributed by atoms with Crippen molar-refractivity contribution in [1.29, 1.82) is 0 Å². The Morgan fingerprint density at radius 2 is 1.82 bits per heavy atom. The molecule has 1 spiro atoms. The van der Waals surface area contributed by atoms with E-state index in [1.165, 1.54) is 19.4 Å². The lowest BCUT2D eigenvalue weighted by Crippen LogP contribution is -2.76. The molecule has 4 bridgehead atoms. The Hall–Kier alpha value is -1.40. The van der Waals surface area contributed by atoms with E-state index in [0.29, 0.717) is 23.0 Å². The third-order valence-corrected chi connectivity index (χ3v) is 7.83. The van der Waals surface area contributed by atoms with Gasteiger partial charge in [0, 0.05) is 18.2 Å². The second-order valence-corrected chi connectivity index (χ2v) is 9.27. The zero-order valence-electron chi connectivity index (χ0n) is 16.1. The summed E-state index contributed by atoms with van der Waals surface area (Å²) in [6.07, 6.45) is 8.82. The van der Waals surface area contributed by atoms with Gasteiger partial charge in [0.15, 0.2) is 11.4 Å². The van der Waals surface area contributed by atoms with Gasteiger partial charge in [0.25, 0.3) is 5.79 Å². The number of carbonyl (C=O) groups is 1. The number of allylic oxidation sites excluding steroid dienone is 1. The van der Waals surface area contributed by atoms with Crippen LogP contribution in [0, 0.1) is 23.7 Å². The molecule has 4 aliphatic carbocycles. The molecule has 1 N–H and O–H groups in total. The van der Waals surface area contributed by atoms with Crippen molar-refractivity contribution in [2.24, 2.45) is 23.7 Å². The van der Waals surface area contributed by atoms with E-state index in [1.807, 2.05) is 6.07 Å². The van der Waals surface area contributed by atoms with Crippen molar-refractivity contribution in [2.75, 3.05) is 7.11 Å². The van der Waals surface area contributed by atoms with Gasteiger partial charge in [-0.15, -0.1) is 0 Å². The van der Waals surface area contributed by atoms with Gasteiger partial charge >= 0.3 is 0 Å². The second kappa shape index (κ2) is 6.30. The van der Waals surface area contributed by atoms with E-state index in [0.717, 1.165) is 37.5 Å². The molecular formula is C22H25ClO5. The van der Waals surface area contributed by atoms with E-state index in [-0.39, 0.29) is 16.6 Å². The molecule has 1 aromatic carbocycles. The Balaban J connectivity index is 1.58. The van der Waals surface area contributed by atoms with Gasteiger partial charge in [-0.3, -0.25) is 4.79 Å². The maximum absolute atomic E-state index is 11.2. The molecule has 6 heteroatoms. The summed E-state index contributed by atoms with van der Waals surface area (Å²) < 4.78 is 6.00. The number of hydrogen-bond acceptors (Lipinski definition) is 5. The first-order chi connectivity index (χ1) is 13.4. The Kier molecular flexibility index (Phi) is 4.19. The number of ketones is 1. The number of hydrogen-bond donors (Lipinski definition) is 1. The fourth-order valence-corrected chi connectivity index (χ4v) is 6.80. The van der Waals surface area contributed by atoms with Gasteiger partial charge in [-0.1, -0.05) is 23.7 Å². The Morgan fingerprint density at radius 3 is 2.32 bits per heavy atom. The van der Waals surface area contributed by atoms with Crippen LogP contribution >= 0.6 is 11.6 Å². The van der Waals surface area contributed by atoms with Crippen LogP contribution in [0.5, 0.6) is 5.75 Å². The first-order valence-corrected chi connectivity index (χ1v) is 10.4. The largest absolute Gasteiger partial charge is 0.506 e. The monoisotopic (exact) mass is 404 g/mol. The molecule has 1 unspecified atom stereocenters. The summed E-state index contributed by atoms with van der Waals surface area (Å²) in [7, 11) is 1.62. The topological polar surface area (TPSA) is 65.0 Å². The molecule has 1 aliphatic heterocycles. The highest BCUT2D eigenvalue weighted by atomic mass is 35.5. The van der Waals surface area contributed by atoms with Crippen molar-refractivity contribution >= 4 is 23.5 Å². The number of phenolic OH excluding ortho intramolecular Hbond substituents is 1. The van der Waals surface area contributed by atoms with Gasteiger partial charge in [0.2, 0.25) is 0 Å². The molecule has 5 fully saturated rings. The molecule has 0 aromatic heterocycles. The van der Waals surface area contributed by atoms with Crippen LogP contribution in [0.3, 0.4) is 0 Å². The maximum Gasteiger partial charge on any atom is 0.262 e. The van der Waals surface area contributed by atoms with Crippen LogP contribution < -0.4 is 0 Å². The number of carbonyl (C=O) groups excluding carboxylic acids is 1. The van der Waals surface area contributed by atoms with Crippen molar-refractivity contribution in [3.8, 4) is 5.75 Å². The first-order valence-electron chi connectivity index (χ1n) is 10.0. The molecule has 28 heavy (non-hydrogen) atoms. The predicted molar refractivity (Wildman–Crippen MR) is 103 cm³/mol. The summed E-state index contributed by atoms with van der Waals surface area (Å²) in [4.78, 5) is 22.9. The Morgan fingerprint density at radius 1 is 1.18 bits per heavy atom. The highest BCUT2D eigenvalue weighted by Crippen LogP contribution is 2.70. The molecule has 6 rings (SSSR count). The standard InChI is InChI=1S/C22H25ClO5/c1-12(24)3-4-15-5-6-18(19(23)20(15)25)22(26-2)21(27-28-22)16-8-13-7-14(10-16)11-17(21)9-13/h3-6,13-14,16-17,25H,7-11H2,1-2H3/b4-3+. The van der Waals surface area contributed by atoms with Crippen LogP contribution in [0.25, 0.3) is 6.08 Å². The number of benzene rings is 1. The van der Waals surface area contributed by atoms with E-state index < -0.39 is 11.4 Å². The second-order valence-electron chi connectivity index (χ2n) is 8.89. The zero-order chi connectivity index (χ0) is 19.7. The fraction of sp³-hybridized carbons (Fsp3) is 0.591. The van der Waals surface area contributed by atoms with Crippen molar-refractivity contribution in [2.45, 2.75) is 50.4 Å². The van der Waals surface area contributed by atoms with Gasteiger partial charge in [-0.2, -0.15) is 4.89 Å². The molecule has 5 aliphatic rings. The molecular weight excluding hydrogens is 380 g/mol. The highest BCUT2D eigenvalue weighted by Gasteiger charge is 2.77. The first kappa shape index (κ1) is 18.6. The van der Waals surface area contributed by atoms with Crippen molar-refractivity contribution in [3.05, 3.63) is 34.4 Å². The predicted octanol–water partition coefficient (Wildman–Crippen LogP) is 4.60. The van der Waals surface area contributed by atoms with Gasteiger partial charge < -0.3 is 9.84 Å². The lowest BCUT2D eigenvalue weighted by molar-refractivity contribution is -0.645. The van der Waals surface area contributed by atoms with Crippen LogP contribution in [0.1, 0.15) is 50.2 Å². The van der Waals surface area contributed by atoms with E-state index in [9.17, 15) is 9.90 Å². The normalized spacial score (nSPS) is 41.0. The molecule has 0 amide bonds. The molecule has 1 atom stereocenters. The van der Waals surface area contributed by atoms with Crippen molar-refractivity contribution < 1.29 is 24.4 Å². The average molecular weight is 405 g/mol. The molecule has 1 heterocycles. The van der Waals surface area contributed by atoms with Crippen molar-refractivity contribution in [3.63, 3.8) is 0 Å². The van der Waals surface area contributed by atoms with Gasteiger partial charge in [-0.25, -0.2) is 4.89 Å². The van der Waals surface area contributed by atoms with E-state index >= 15 is 0 Å². The Bertz CT molecular complexity index is 831. The lowest BCUT2D eigenvalue weighted by Gasteiger charge is -2.68. The number of methoxy groups -OCH3 is 1. The molecule has 4 saturated carbocycles. The summed E-state index contributed by atoms with van der Waals surface area (Å²) in [6.45, 7) is 1.46. The summed E-state index contributed by atoms with van der Waals surface area (Å²) in [6, 6.07) is 3.56. The summed E-state index contributed by atoms with van der Waals surface area (Å²) >= 11 is 6.60. The van der Waals surface area contributed by atoms with Crippen molar-refractivity contribution in [1.82, 2.24) is 0 Å². The highest BCUT2D eigenvalue weighted by molar-refractivity contribution is 6.33. The third kappa shape index (κ3) is 2.28. The van der Waals surface area contributed by atoms with Crippen LogP contribution in [-0.4, -0.2) is 23.6 Å². The van der Waals surface area contributed by atoms with Gasteiger partial charge in [0.05, 0.1) is 5.02 Å². The summed E-state index contributed by atoms with van der Waals surface area (Å²) in [5, 5.41) is 10.8. The van der Waals surface area contributed by atoms with Gasteiger partial charge in [0.1, 0.15) is 5.75 Å². The maximum atomic E-state index is 11.2. The minimum absolute atomic E-state index is 0.0810. The van der Waals surface area contributed by atoms with E-state index in [2.05, 4.69) is 0 Å². The average Bonchev–Trinajstić information content (AvgIpc) is 2.63. The SMILES string of the molecule is COC1(c2ccc(/C=C/C(C)=O)c(O)c2Cl)OOC12C1CC3CC(C1)CC2C3. The van der Waals surface area contributed by atoms with E-state index in [1.54, 1.807) is 19.3 Å². The number of halogens is 1. The molecule has 1 saturated heterocycles. The third-order valence-electron chi connectivity index (χ3n) is 7.45. The summed E-state index contributed by atoms with van der Waals surface area (Å²) in [5.74, 6) is 0.983. The summed E-state index contributed by atoms with van der Waals surface area (Å²) in [5.41, 5.74) is 0.518. The van der Waals surface area contributed by atoms with Crippen LogP contribution in [0.15, 0.2) is 18.2 Å². The molecule has 1 aromatic rings. The van der Waals surface area contributed by atoms with Gasteiger partial charge in [-0.05, 0) is 74.9 Å².